The highest BCUT2D eigenvalue weighted by molar-refractivity contribution is 7.80. The highest BCUT2D eigenvalue weighted by Crippen LogP contribution is 2.31. The van der Waals surface area contributed by atoms with Crippen LogP contribution in [0.5, 0.6) is 5.75 Å². The molecule has 15 heavy (non-hydrogen) atoms. The average Bonchev–Trinajstić information content (AvgIpc) is 2.27. The lowest BCUT2D eigenvalue weighted by Gasteiger charge is -2.16. The number of ether oxygens (including phenoxy) is 1. The topological polar surface area (TPSA) is 35.2 Å². The summed E-state index contributed by atoms with van der Waals surface area (Å²) in [6.07, 6.45) is 0. The Hall–Kier alpha value is -0.670. The summed E-state index contributed by atoms with van der Waals surface area (Å²) in [4.78, 5) is 0. The van der Waals surface area contributed by atoms with Gasteiger partial charge in [0.05, 0.1) is 7.11 Å². The van der Waals surface area contributed by atoms with Gasteiger partial charge in [-0.25, -0.2) is 0 Å². The van der Waals surface area contributed by atoms with Crippen LogP contribution in [0.1, 0.15) is 36.1 Å². The molecule has 3 heteroatoms. The minimum atomic E-state index is 0.0404. The van der Waals surface area contributed by atoms with Crippen molar-refractivity contribution < 1.29 is 4.74 Å². The molecule has 0 saturated heterocycles. The number of hydrogen-bond acceptors (Lipinski definition) is 3. The second-order valence-electron chi connectivity index (χ2n) is 3.91. The van der Waals surface area contributed by atoms with Crippen LogP contribution in [0, 0.1) is 0 Å². The van der Waals surface area contributed by atoms with Crippen LogP contribution in [0.15, 0.2) is 18.2 Å². The molecule has 2 N–H and O–H groups in total. The van der Waals surface area contributed by atoms with E-state index in [-0.39, 0.29) is 5.25 Å². The van der Waals surface area contributed by atoms with Gasteiger partial charge in [0.15, 0.2) is 0 Å². The predicted octanol–water partition coefficient (Wildman–Crippen LogP) is 2.75. The molecule has 0 aromatic heterocycles. The minimum Gasteiger partial charge on any atom is -0.496 e. The Bertz CT molecular complexity index is 325. The van der Waals surface area contributed by atoms with E-state index in [4.69, 9.17) is 10.5 Å². The van der Waals surface area contributed by atoms with Crippen LogP contribution < -0.4 is 10.5 Å². The molecule has 1 aromatic rings. The number of thiol groups is 1. The first-order valence-electron chi connectivity index (χ1n) is 5.16. The zero-order valence-corrected chi connectivity index (χ0v) is 10.4. The lowest BCUT2D eigenvalue weighted by molar-refractivity contribution is 0.409. The van der Waals surface area contributed by atoms with Crippen molar-refractivity contribution in [2.45, 2.75) is 25.0 Å². The van der Waals surface area contributed by atoms with Crippen molar-refractivity contribution in [3.05, 3.63) is 29.3 Å². The standard InChI is InChI=1S/C12H19NOS/c1-8(2)9-4-5-11(14-3)10(6-9)12(15)7-13/h4-6,8,12,15H,7,13H2,1-3H3. The number of hydrogen-bond donors (Lipinski definition) is 2. The Morgan fingerprint density at radius 3 is 2.53 bits per heavy atom. The summed E-state index contributed by atoms with van der Waals surface area (Å²) in [5.74, 6) is 1.37. The molecule has 0 aliphatic heterocycles. The third-order valence-electron chi connectivity index (χ3n) is 2.50. The monoisotopic (exact) mass is 225 g/mol. The van der Waals surface area contributed by atoms with E-state index >= 15 is 0 Å². The number of methoxy groups -OCH3 is 1. The molecule has 1 atom stereocenters. The Kier molecular flexibility index (Phi) is 4.48. The normalized spacial score (nSPS) is 12.9. The largest absolute Gasteiger partial charge is 0.496 e. The van der Waals surface area contributed by atoms with Crippen LogP contribution in [-0.2, 0) is 0 Å². The Labute approximate surface area is 97.2 Å². The van der Waals surface area contributed by atoms with Crippen LogP contribution in [0.25, 0.3) is 0 Å². The third kappa shape index (κ3) is 2.89. The molecule has 0 heterocycles. The molecule has 0 aliphatic carbocycles. The third-order valence-corrected chi connectivity index (χ3v) is 2.99. The van der Waals surface area contributed by atoms with Crippen LogP contribution in [0.2, 0.25) is 0 Å². The van der Waals surface area contributed by atoms with Crippen LogP contribution in [0.4, 0.5) is 0 Å². The van der Waals surface area contributed by atoms with Crippen molar-refractivity contribution in [1.82, 2.24) is 0 Å². The van der Waals surface area contributed by atoms with E-state index in [1.54, 1.807) is 7.11 Å². The number of rotatable bonds is 4. The van der Waals surface area contributed by atoms with Crippen LogP contribution >= 0.6 is 12.6 Å². The second kappa shape index (κ2) is 5.42. The molecule has 0 aliphatic rings. The number of benzene rings is 1. The molecule has 0 fully saturated rings. The van der Waals surface area contributed by atoms with Gasteiger partial charge in [-0.3, -0.25) is 0 Å². The number of nitrogens with two attached hydrogens (primary N) is 1. The van der Waals surface area contributed by atoms with Crippen molar-refractivity contribution in [1.29, 1.82) is 0 Å². The lowest BCUT2D eigenvalue weighted by Crippen LogP contribution is -2.08. The van der Waals surface area contributed by atoms with Crippen molar-refractivity contribution in [2.24, 2.45) is 5.73 Å². The summed E-state index contributed by atoms with van der Waals surface area (Å²) >= 11 is 4.45. The Morgan fingerprint density at radius 2 is 2.07 bits per heavy atom. The van der Waals surface area contributed by atoms with Crippen molar-refractivity contribution in [3.63, 3.8) is 0 Å². The van der Waals surface area contributed by atoms with E-state index in [1.807, 2.05) is 6.07 Å². The van der Waals surface area contributed by atoms with E-state index in [9.17, 15) is 0 Å². The summed E-state index contributed by atoms with van der Waals surface area (Å²) in [5.41, 5.74) is 7.99. The molecular weight excluding hydrogens is 206 g/mol. The van der Waals surface area contributed by atoms with Crippen molar-refractivity contribution in [3.8, 4) is 5.75 Å². The molecule has 84 valence electrons. The molecule has 1 unspecified atom stereocenters. The highest BCUT2D eigenvalue weighted by atomic mass is 32.1. The quantitative estimate of drug-likeness (QED) is 0.773. The molecule has 0 bridgehead atoms. The Morgan fingerprint density at radius 1 is 1.40 bits per heavy atom. The van der Waals surface area contributed by atoms with Crippen molar-refractivity contribution >= 4 is 12.6 Å². The second-order valence-corrected chi connectivity index (χ2v) is 4.53. The van der Waals surface area contributed by atoms with Gasteiger partial charge in [0.2, 0.25) is 0 Å². The fourth-order valence-corrected chi connectivity index (χ4v) is 1.70. The predicted molar refractivity (Wildman–Crippen MR) is 67.9 cm³/mol. The molecule has 1 aromatic carbocycles. The summed E-state index contributed by atoms with van der Waals surface area (Å²) < 4.78 is 5.30. The molecule has 1 rings (SSSR count). The van der Waals surface area contributed by atoms with Gasteiger partial charge in [0.25, 0.3) is 0 Å². The van der Waals surface area contributed by atoms with Gasteiger partial charge in [-0.2, -0.15) is 12.6 Å². The maximum Gasteiger partial charge on any atom is 0.123 e. The van der Waals surface area contributed by atoms with E-state index in [0.29, 0.717) is 12.5 Å². The van der Waals surface area contributed by atoms with Gasteiger partial charge in [-0.05, 0) is 17.5 Å². The summed E-state index contributed by atoms with van der Waals surface area (Å²) in [5, 5.41) is 0.0404. The van der Waals surface area contributed by atoms with Gasteiger partial charge >= 0.3 is 0 Å². The van der Waals surface area contributed by atoms with Gasteiger partial charge < -0.3 is 10.5 Å². The first kappa shape index (κ1) is 12.4. The zero-order valence-electron chi connectivity index (χ0n) is 9.53. The van der Waals surface area contributed by atoms with Gasteiger partial charge in [0.1, 0.15) is 5.75 Å². The van der Waals surface area contributed by atoms with Gasteiger partial charge in [0, 0.05) is 17.4 Å². The first-order chi connectivity index (χ1) is 7.10. The summed E-state index contributed by atoms with van der Waals surface area (Å²) in [6, 6.07) is 6.21. The van der Waals surface area contributed by atoms with E-state index in [0.717, 1.165) is 11.3 Å². The summed E-state index contributed by atoms with van der Waals surface area (Å²) in [7, 11) is 1.67. The van der Waals surface area contributed by atoms with Gasteiger partial charge in [-0.1, -0.05) is 26.0 Å². The smallest absolute Gasteiger partial charge is 0.123 e. The van der Waals surface area contributed by atoms with E-state index in [1.165, 1.54) is 5.56 Å². The maximum atomic E-state index is 5.62. The van der Waals surface area contributed by atoms with Crippen molar-refractivity contribution in [2.75, 3.05) is 13.7 Å². The molecule has 0 amide bonds. The van der Waals surface area contributed by atoms with Crippen LogP contribution in [0.3, 0.4) is 0 Å². The SMILES string of the molecule is COc1ccc(C(C)C)cc1C(S)CN. The first-order valence-corrected chi connectivity index (χ1v) is 5.67. The fraction of sp³-hybridized carbons (Fsp3) is 0.500. The molecule has 0 spiro atoms. The molecular formula is C12H19NOS. The maximum absolute atomic E-state index is 5.62. The fourth-order valence-electron chi connectivity index (χ4n) is 1.50. The van der Waals surface area contributed by atoms with Gasteiger partial charge in [-0.15, -0.1) is 0 Å². The summed E-state index contributed by atoms with van der Waals surface area (Å²) in [6.45, 7) is 4.85. The highest BCUT2D eigenvalue weighted by Gasteiger charge is 2.12. The lowest BCUT2D eigenvalue weighted by atomic mass is 9.99. The molecule has 2 nitrogen and oxygen atoms in total. The molecule has 0 saturated carbocycles. The molecule has 0 radical (unpaired) electrons. The minimum absolute atomic E-state index is 0.0404. The van der Waals surface area contributed by atoms with E-state index in [2.05, 4.69) is 38.6 Å². The van der Waals surface area contributed by atoms with Crippen LogP contribution in [-0.4, -0.2) is 13.7 Å². The van der Waals surface area contributed by atoms with E-state index < -0.39 is 0 Å². The zero-order chi connectivity index (χ0) is 11.4. The average molecular weight is 225 g/mol. The Balaban J connectivity index is 3.13.